The molecule has 9 unspecified atom stereocenters. The van der Waals surface area contributed by atoms with Gasteiger partial charge in [0.2, 0.25) is 5.91 Å². The van der Waals surface area contributed by atoms with Crippen LogP contribution in [0.25, 0.3) is 0 Å². The van der Waals surface area contributed by atoms with Crippen LogP contribution in [0.5, 0.6) is 0 Å². The molecule has 1 amide bonds. The number of unbranched alkanes of at least 4 members (excludes halogenated alkanes) is 31. The van der Waals surface area contributed by atoms with Crippen LogP contribution < -0.4 is 5.32 Å². The highest BCUT2D eigenvalue weighted by Crippen LogP contribution is 2.23. The van der Waals surface area contributed by atoms with Crippen molar-refractivity contribution in [3.63, 3.8) is 0 Å². The van der Waals surface area contributed by atoms with Crippen LogP contribution in [0.3, 0.4) is 0 Å². The first kappa shape index (κ1) is 62.6. The van der Waals surface area contributed by atoms with Crippen LogP contribution in [0.15, 0.2) is 24.3 Å². The second-order valence-electron chi connectivity index (χ2n) is 19.6. The quantitative estimate of drug-likeness (QED) is 0.0215. The first-order valence-corrected chi connectivity index (χ1v) is 27.7. The zero-order chi connectivity index (χ0) is 48.3. The van der Waals surface area contributed by atoms with Gasteiger partial charge in [0.15, 0.2) is 6.29 Å². The third-order valence-corrected chi connectivity index (χ3v) is 13.5. The van der Waals surface area contributed by atoms with Crippen molar-refractivity contribution in [2.45, 2.75) is 306 Å². The number of carbonyl (C=O) groups excluding carboxylic acids is 1. The average Bonchev–Trinajstić information content (AvgIpc) is 3.32. The molecule has 1 aliphatic heterocycles. The number of ether oxygens (including phenoxy) is 2. The van der Waals surface area contributed by atoms with Crippen molar-refractivity contribution in [3.05, 3.63) is 24.3 Å². The summed E-state index contributed by atoms with van der Waals surface area (Å²) in [6, 6.07) is -1.19. The first-order valence-electron chi connectivity index (χ1n) is 27.7. The van der Waals surface area contributed by atoms with Gasteiger partial charge in [0.05, 0.1) is 25.4 Å². The molecule has 11 heteroatoms. The van der Waals surface area contributed by atoms with E-state index in [2.05, 4.69) is 43.5 Å². The molecule has 0 bridgehead atoms. The van der Waals surface area contributed by atoms with Crippen molar-refractivity contribution in [1.82, 2.24) is 5.32 Å². The van der Waals surface area contributed by atoms with Gasteiger partial charge < -0.3 is 50.5 Å². The van der Waals surface area contributed by atoms with Crippen LogP contribution in [-0.4, -0.2) is 110 Å². The molecule has 1 saturated heterocycles. The molecule has 0 aliphatic carbocycles. The van der Waals surface area contributed by atoms with E-state index in [0.717, 1.165) is 38.5 Å². The lowest BCUT2D eigenvalue weighted by atomic mass is 9.98. The number of amides is 1. The number of aliphatic hydroxyl groups excluding tert-OH is 7. The van der Waals surface area contributed by atoms with Gasteiger partial charge in [-0.2, -0.15) is 0 Å². The highest BCUT2D eigenvalue weighted by atomic mass is 16.7. The third kappa shape index (κ3) is 33.2. The van der Waals surface area contributed by atoms with E-state index in [0.29, 0.717) is 19.3 Å². The molecule has 66 heavy (non-hydrogen) atoms. The number of allylic oxidation sites excluding steroid dienone is 4. The van der Waals surface area contributed by atoms with Gasteiger partial charge >= 0.3 is 0 Å². The van der Waals surface area contributed by atoms with Gasteiger partial charge in [-0.3, -0.25) is 4.79 Å². The Morgan fingerprint density at radius 2 is 0.909 bits per heavy atom. The summed E-state index contributed by atoms with van der Waals surface area (Å²) in [5.41, 5.74) is 0. The van der Waals surface area contributed by atoms with E-state index in [1.54, 1.807) is 0 Å². The monoisotopic (exact) mass is 940 g/mol. The maximum absolute atomic E-state index is 13.1. The van der Waals surface area contributed by atoms with Gasteiger partial charge in [0, 0.05) is 0 Å². The van der Waals surface area contributed by atoms with Crippen molar-refractivity contribution in [2.75, 3.05) is 13.2 Å². The lowest BCUT2D eigenvalue weighted by molar-refractivity contribution is -0.303. The summed E-state index contributed by atoms with van der Waals surface area (Å²) in [4.78, 5) is 13.1. The number of rotatable bonds is 47. The Bertz CT molecular complexity index is 1120. The normalized spacial score (nSPS) is 20.9. The Hall–Kier alpha value is -1.41. The Morgan fingerprint density at radius 3 is 1.35 bits per heavy atom. The topological polar surface area (TPSA) is 189 Å². The lowest BCUT2D eigenvalue weighted by Crippen LogP contribution is -2.60. The molecule has 0 saturated carbocycles. The van der Waals surface area contributed by atoms with Crippen LogP contribution >= 0.6 is 0 Å². The molecule has 0 radical (unpaired) electrons. The zero-order valence-electron chi connectivity index (χ0n) is 42.4. The number of hydrogen-bond acceptors (Lipinski definition) is 10. The molecule has 0 aromatic rings. The van der Waals surface area contributed by atoms with Crippen LogP contribution in [0.1, 0.15) is 251 Å². The van der Waals surface area contributed by atoms with Crippen molar-refractivity contribution >= 4 is 5.91 Å². The van der Waals surface area contributed by atoms with E-state index in [1.807, 2.05) is 0 Å². The first-order chi connectivity index (χ1) is 32.2. The summed E-state index contributed by atoms with van der Waals surface area (Å²) in [6.07, 6.45) is 40.9. The number of carbonyl (C=O) groups is 1. The van der Waals surface area contributed by atoms with Crippen molar-refractivity contribution < 1.29 is 50.0 Å². The molecule has 390 valence electrons. The summed E-state index contributed by atoms with van der Waals surface area (Å²) in [5, 5.41) is 76.0. The van der Waals surface area contributed by atoms with Crippen molar-refractivity contribution in [1.29, 1.82) is 0 Å². The Kier molecular flexibility index (Phi) is 42.5. The zero-order valence-corrected chi connectivity index (χ0v) is 42.4. The lowest BCUT2D eigenvalue weighted by Gasteiger charge is -2.40. The van der Waals surface area contributed by atoms with Crippen molar-refractivity contribution in [3.8, 4) is 0 Å². The highest BCUT2D eigenvalue weighted by Gasteiger charge is 2.44. The van der Waals surface area contributed by atoms with Gasteiger partial charge in [-0.15, -0.1) is 0 Å². The summed E-state index contributed by atoms with van der Waals surface area (Å²) < 4.78 is 11.1. The van der Waals surface area contributed by atoms with Crippen LogP contribution in [0.4, 0.5) is 0 Å². The number of aliphatic hydroxyl groups is 7. The molecular formula is C55H105NO10. The summed E-state index contributed by atoms with van der Waals surface area (Å²) in [6.45, 7) is 3.46. The standard InChI is InChI=1S/C55H105NO10/c1-3-5-7-9-11-13-15-17-19-21-22-23-24-25-27-28-30-32-34-36-38-40-42-47(58)50(60)46(45-65-55-53(63)52(62)51(61)49(44-57)66-55)56-54(64)48(59)43-41-39-37-35-33-31-29-26-20-18-16-14-12-10-8-6-4-2/h27-28,34,36,46-53,55,57-63H,3-26,29-33,35,37-45H2,1-2H3,(H,56,64)/b28-27+,36-34+. The predicted octanol–water partition coefficient (Wildman–Crippen LogP) is 11.0. The third-order valence-electron chi connectivity index (χ3n) is 13.5. The van der Waals surface area contributed by atoms with Gasteiger partial charge in [-0.25, -0.2) is 0 Å². The molecule has 1 heterocycles. The molecule has 8 N–H and O–H groups in total. The van der Waals surface area contributed by atoms with E-state index in [1.165, 1.54) is 167 Å². The Balaban J connectivity index is 2.37. The fraction of sp³-hybridized carbons (Fsp3) is 0.909. The SMILES string of the molecule is CCCCCCCCCCCCCCC/C=C/CC/C=C/CCCC(O)C(O)C(COC1OC(CO)C(O)C(O)C1O)NC(=O)C(O)CCCCCCCCCCCCCCCCCCC. The van der Waals surface area contributed by atoms with Gasteiger partial charge in [0.1, 0.15) is 36.6 Å². The Labute approximate surface area is 404 Å². The molecule has 0 spiro atoms. The molecule has 1 aliphatic rings. The minimum atomic E-state index is -1.67. The van der Waals surface area contributed by atoms with Gasteiger partial charge in [0.25, 0.3) is 0 Å². The molecule has 0 aromatic carbocycles. The number of nitrogens with one attached hydrogen (secondary N) is 1. The summed E-state index contributed by atoms with van der Waals surface area (Å²) in [7, 11) is 0. The van der Waals surface area contributed by atoms with Crippen LogP contribution in [0.2, 0.25) is 0 Å². The van der Waals surface area contributed by atoms with Crippen LogP contribution in [-0.2, 0) is 14.3 Å². The molecule has 0 aromatic heterocycles. The summed E-state index contributed by atoms with van der Waals surface area (Å²) in [5.74, 6) is -0.707. The largest absolute Gasteiger partial charge is 0.394 e. The predicted molar refractivity (Wildman–Crippen MR) is 270 cm³/mol. The van der Waals surface area contributed by atoms with Gasteiger partial charge in [-0.05, 0) is 51.4 Å². The van der Waals surface area contributed by atoms with Crippen LogP contribution in [0, 0.1) is 0 Å². The fourth-order valence-corrected chi connectivity index (χ4v) is 8.93. The maximum Gasteiger partial charge on any atom is 0.249 e. The van der Waals surface area contributed by atoms with Gasteiger partial charge in [-0.1, -0.05) is 224 Å². The average molecular weight is 940 g/mol. The molecule has 11 nitrogen and oxygen atoms in total. The smallest absolute Gasteiger partial charge is 0.249 e. The Morgan fingerprint density at radius 1 is 0.515 bits per heavy atom. The minimum absolute atomic E-state index is 0.249. The van der Waals surface area contributed by atoms with E-state index < -0.39 is 74.2 Å². The molecule has 1 rings (SSSR count). The highest BCUT2D eigenvalue weighted by molar-refractivity contribution is 5.80. The second-order valence-corrected chi connectivity index (χ2v) is 19.6. The van der Waals surface area contributed by atoms with E-state index >= 15 is 0 Å². The number of hydrogen-bond donors (Lipinski definition) is 8. The fourth-order valence-electron chi connectivity index (χ4n) is 8.93. The minimum Gasteiger partial charge on any atom is -0.394 e. The molecule has 1 fully saturated rings. The van der Waals surface area contributed by atoms with E-state index in [-0.39, 0.29) is 12.8 Å². The maximum atomic E-state index is 13.1. The summed E-state index contributed by atoms with van der Waals surface area (Å²) >= 11 is 0. The van der Waals surface area contributed by atoms with Crippen molar-refractivity contribution in [2.24, 2.45) is 0 Å². The second kappa shape index (κ2) is 44.8. The molecular weight excluding hydrogens is 835 g/mol. The molecule has 9 atom stereocenters. The van der Waals surface area contributed by atoms with E-state index in [4.69, 9.17) is 9.47 Å². The van der Waals surface area contributed by atoms with E-state index in [9.17, 15) is 40.5 Å².